The second kappa shape index (κ2) is 24.1. The Kier molecular flexibility index (Phi) is 19.9. The number of methoxy groups -OCH3 is 3. The molecule has 14 atom stereocenters. The van der Waals surface area contributed by atoms with Crippen molar-refractivity contribution in [2.45, 2.75) is 173 Å². The molecule has 3 fully saturated rings. The quantitative estimate of drug-likeness (QED) is 0.126. The minimum absolute atomic E-state index is 0.0100. The smallest absolute Gasteiger partial charge is 0.329 e. The van der Waals surface area contributed by atoms with Gasteiger partial charge in [-0.05, 0) is 95.5 Å². The minimum Gasteiger partial charge on any atom is -0.481 e. The summed E-state index contributed by atoms with van der Waals surface area (Å²) in [5.41, 5.74) is -0.773. The number of ketones is 2. The third-order valence-electron chi connectivity index (χ3n) is 13.8. The number of amides is 2. The van der Waals surface area contributed by atoms with E-state index in [1.165, 1.54) is 14.2 Å². The molecule has 1 unspecified atom stereocenters. The van der Waals surface area contributed by atoms with Crippen molar-refractivity contribution in [2.24, 2.45) is 29.6 Å². The number of hydrogen-bond donors (Lipinski definition) is 4. The van der Waals surface area contributed by atoms with Crippen LogP contribution in [0.25, 0.3) is 0 Å². The highest BCUT2D eigenvalue weighted by atomic mass is 16.6. The molecule has 360 valence electrons. The number of allylic oxidation sites excluding steroid dienone is 4. The highest BCUT2D eigenvalue weighted by Crippen LogP contribution is 2.40. The van der Waals surface area contributed by atoms with Crippen LogP contribution in [0.2, 0.25) is 0 Å². The van der Waals surface area contributed by atoms with Gasteiger partial charge in [0.1, 0.15) is 24.0 Å². The fraction of sp³-hybridized carbons (Fsp3) is 0.750. The van der Waals surface area contributed by atoms with E-state index in [2.05, 4.69) is 11.9 Å². The summed E-state index contributed by atoms with van der Waals surface area (Å²) in [4.78, 5) is 84.6. The lowest BCUT2D eigenvalue weighted by Crippen LogP contribution is -2.71. The van der Waals surface area contributed by atoms with E-state index in [1.807, 2.05) is 26.0 Å². The van der Waals surface area contributed by atoms with Crippen molar-refractivity contribution < 1.29 is 67.8 Å². The Morgan fingerprint density at radius 1 is 0.922 bits per heavy atom. The lowest BCUT2D eigenvalue weighted by molar-refractivity contribution is -0.242. The van der Waals surface area contributed by atoms with Gasteiger partial charge < -0.3 is 49.2 Å². The molecule has 4 aliphatic rings. The zero-order chi connectivity index (χ0) is 47.5. The van der Waals surface area contributed by atoms with Crippen molar-refractivity contribution in [3.63, 3.8) is 0 Å². The topological polar surface area (TPSA) is 225 Å². The molecule has 1 aliphatic carbocycles. The van der Waals surface area contributed by atoms with Gasteiger partial charge in [-0.15, -0.1) is 6.58 Å². The number of aliphatic hydroxyl groups excluding tert-OH is 2. The molecule has 64 heavy (non-hydrogen) atoms. The number of carbonyl (C=O) groups is 6. The number of aliphatic hydroxyl groups is 2. The zero-order valence-corrected chi connectivity index (χ0v) is 39.1. The highest BCUT2D eigenvalue weighted by molar-refractivity contribution is 6.40. The molecule has 2 bridgehead atoms. The fourth-order valence-electron chi connectivity index (χ4n) is 10.1. The summed E-state index contributed by atoms with van der Waals surface area (Å²) < 4.78 is 30.5. The van der Waals surface area contributed by atoms with Crippen molar-refractivity contribution in [1.29, 1.82) is 0 Å². The lowest BCUT2D eigenvalue weighted by Gasteiger charge is -2.49. The standard InChI is InChI=1S/C48H74N2O14/c1-10-13-33-21-27(2)20-28(3)22-39(61-8)44-40(62-9)24-30(5)48(64-44,49-41(54)17-18-42(55)56)45(57)46(58)50-19-12-11-14-34(50)47(59)63-43(31(6)36(52)26-37(33)53)29(4)23-32-15-16-35(51)38(25-32)60-7/h10,21,23,28,30-36,38-40,43-44,51-52H,1,11-20,22,24-26H2,2-9H3,(H,49,54)(H,55,56)/b27-21+,29-23+/t28-,30+,31+,32-,33+,34-,35+,36-,38+,39-,40-,43+,44+,48?/m0/s1. The van der Waals surface area contributed by atoms with Crippen molar-refractivity contribution in [1.82, 2.24) is 10.2 Å². The number of nitrogens with zero attached hydrogens (tertiary/aromatic N) is 1. The second-order valence-electron chi connectivity index (χ2n) is 18.8. The molecule has 16 heteroatoms. The molecule has 2 saturated heterocycles. The van der Waals surface area contributed by atoms with Gasteiger partial charge in [-0.2, -0.15) is 0 Å². The number of nitrogens with one attached hydrogen (secondary N) is 1. The molecule has 0 radical (unpaired) electrons. The van der Waals surface area contributed by atoms with E-state index < -0.39 is 115 Å². The number of aliphatic carboxylic acids is 1. The summed E-state index contributed by atoms with van der Waals surface area (Å²) in [5.74, 6) is -7.67. The molecule has 16 nitrogen and oxygen atoms in total. The van der Waals surface area contributed by atoms with Gasteiger partial charge in [0.2, 0.25) is 11.6 Å². The number of carboxylic acids is 1. The van der Waals surface area contributed by atoms with E-state index in [1.54, 1.807) is 34.0 Å². The summed E-state index contributed by atoms with van der Waals surface area (Å²) in [6, 6.07) is -1.23. The number of hydrogen-bond acceptors (Lipinski definition) is 13. The molecule has 3 aliphatic heterocycles. The van der Waals surface area contributed by atoms with Crippen LogP contribution in [-0.2, 0) is 52.5 Å². The normalized spacial score (nSPS) is 37.6. The average molecular weight is 903 g/mol. The predicted molar refractivity (Wildman–Crippen MR) is 235 cm³/mol. The third-order valence-corrected chi connectivity index (χ3v) is 13.8. The van der Waals surface area contributed by atoms with Gasteiger partial charge in [0.25, 0.3) is 11.7 Å². The van der Waals surface area contributed by atoms with Crippen LogP contribution in [0, 0.1) is 29.6 Å². The van der Waals surface area contributed by atoms with Crippen molar-refractivity contribution in [2.75, 3.05) is 27.9 Å². The van der Waals surface area contributed by atoms with Crippen LogP contribution >= 0.6 is 0 Å². The van der Waals surface area contributed by atoms with Crippen molar-refractivity contribution in [3.05, 3.63) is 36.0 Å². The van der Waals surface area contributed by atoms with E-state index in [-0.39, 0.29) is 43.4 Å². The number of carboxylic acid groups (broad SMARTS) is 1. The number of Topliss-reactive ketones (excluding diaryl/α,β-unsaturated/α-hetero) is 2. The molecular formula is C48H74N2O14. The number of cyclic esters (lactones) is 1. The molecule has 0 spiro atoms. The maximum atomic E-state index is 15.0. The van der Waals surface area contributed by atoms with Crippen LogP contribution in [0.1, 0.15) is 118 Å². The van der Waals surface area contributed by atoms with Crippen LogP contribution in [0.3, 0.4) is 0 Å². The summed E-state index contributed by atoms with van der Waals surface area (Å²) in [5, 5.41) is 34.3. The van der Waals surface area contributed by atoms with E-state index in [4.69, 9.17) is 23.7 Å². The highest BCUT2D eigenvalue weighted by Gasteiger charge is 2.58. The van der Waals surface area contributed by atoms with Crippen LogP contribution in [0.4, 0.5) is 0 Å². The van der Waals surface area contributed by atoms with Gasteiger partial charge in [-0.1, -0.05) is 44.6 Å². The second-order valence-corrected chi connectivity index (χ2v) is 18.8. The Balaban J connectivity index is 1.86. The number of esters is 1. The van der Waals surface area contributed by atoms with E-state index in [0.29, 0.717) is 56.9 Å². The number of fused-ring (bicyclic) bond motifs is 3. The van der Waals surface area contributed by atoms with Crippen LogP contribution in [0.15, 0.2) is 36.0 Å². The summed E-state index contributed by atoms with van der Waals surface area (Å²) in [7, 11) is 4.53. The van der Waals surface area contributed by atoms with E-state index in [0.717, 1.165) is 10.5 Å². The number of piperidine rings is 1. The van der Waals surface area contributed by atoms with Crippen molar-refractivity contribution in [3.8, 4) is 0 Å². The third kappa shape index (κ3) is 13.2. The largest absolute Gasteiger partial charge is 0.481 e. The Morgan fingerprint density at radius 2 is 1.59 bits per heavy atom. The average Bonchev–Trinajstić information content (AvgIpc) is 3.26. The van der Waals surface area contributed by atoms with Gasteiger partial charge >= 0.3 is 11.9 Å². The Labute approximate surface area is 378 Å². The number of rotatable bonds is 11. The maximum absolute atomic E-state index is 15.0. The van der Waals surface area contributed by atoms with Gasteiger partial charge in [0.15, 0.2) is 0 Å². The monoisotopic (exact) mass is 903 g/mol. The number of ether oxygens (including phenoxy) is 5. The summed E-state index contributed by atoms with van der Waals surface area (Å²) in [6.07, 6.45) is 2.75. The van der Waals surface area contributed by atoms with Crippen LogP contribution in [0.5, 0.6) is 0 Å². The Hall–Kier alpha value is -3.80. The molecule has 0 aromatic heterocycles. The SMILES string of the molecule is C=CC[C@@H]1/C=C(\C)C[C@H](C)C[C@H](OC)[C@H]2OC(NC(=O)CCC(=O)O)(C(=O)C(=O)N3CCCC[C@H]3C(=O)O[C@H](/C(C)=C/[C@@H]3CC[C@@H](O)[C@H](OC)C3)[C@H](C)[C@@H](O)CC1=O)[C@H](C)C[C@@H]2OC. The van der Waals surface area contributed by atoms with Gasteiger partial charge in [-0.25, -0.2) is 4.79 Å². The number of carbonyl (C=O) groups excluding carboxylic acids is 5. The zero-order valence-electron chi connectivity index (χ0n) is 39.1. The minimum atomic E-state index is -2.29. The summed E-state index contributed by atoms with van der Waals surface area (Å²) in [6.45, 7) is 12.9. The molecular weight excluding hydrogens is 829 g/mol. The molecule has 3 heterocycles. The van der Waals surface area contributed by atoms with Crippen LogP contribution in [-0.4, -0.2) is 138 Å². The molecule has 4 rings (SSSR count). The first kappa shape index (κ1) is 52.8. The van der Waals surface area contributed by atoms with E-state index >= 15 is 4.79 Å². The van der Waals surface area contributed by atoms with Gasteiger partial charge in [0.05, 0.1) is 36.9 Å². The van der Waals surface area contributed by atoms with Crippen LogP contribution < -0.4 is 5.32 Å². The Bertz CT molecular complexity index is 1730. The Morgan fingerprint density at radius 3 is 2.23 bits per heavy atom. The fourth-order valence-corrected chi connectivity index (χ4v) is 10.1. The van der Waals surface area contributed by atoms with E-state index in [9.17, 15) is 39.3 Å². The predicted octanol–water partition coefficient (Wildman–Crippen LogP) is 4.63. The molecule has 4 N–H and O–H groups in total. The van der Waals surface area contributed by atoms with Gasteiger partial charge in [-0.3, -0.25) is 24.0 Å². The van der Waals surface area contributed by atoms with Crippen molar-refractivity contribution >= 4 is 35.3 Å². The first-order valence-electron chi connectivity index (χ1n) is 23.0. The molecule has 0 aromatic rings. The molecule has 1 saturated carbocycles. The maximum Gasteiger partial charge on any atom is 0.329 e. The first-order chi connectivity index (χ1) is 30.3. The summed E-state index contributed by atoms with van der Waals surface area (Å²) >= 11 is 0. The van der Waals surface area contributed by atoms with Gasteiger partial charge in [0, 0.05) is 58.5 Å². The molecule has 0 aromatic carbocycles. The lowest BCUT2D eigenvalue weighted by atomic mass is 9.80. The first-order valence-corrected chi connectivity index (χ1v) is 23.0. The molecule has 2 amide bonds.